The average molecular weight is 289 g/mol. The van der Waals surface area contributed by atoms with Gasteiger partial charge < -0.3 is 10.7 Å². The minimum Gasteiger partial charge on any atom is -0.398 e. The topological polar surface area (TPSA) is 58.9 Å². The Morgan fingerprint density at radius 2 is 2.00 bits per heavy atom. The number of carbonyl (C=O) groups excluding carboxylic acids is 1. The molecule has 0 radical (unpaired) electrons. The van der Waals surface area contributed by atoms with Crippen LogP contribution in [0.4, 0.5) is 10.1 Å². The van der Waals surface area contributed by atoms with E-state index in [9.17, 15) is 9.18 Å². The summed E-state index contributed by atoms with van der Waals surface area (Å²) < 4.78 is 13.1. The summed E-state index contributed by atoms with van der Waals surface area (Å²) >= 11 is 6.07. The first kappa shape index (κ1) is 12.7. The number of anilines is 1. The van der Waals surface area contributed by atoms with Crippen LogP contribution in [0.5, 0.6) is 0 Å². The molecular formula is C15H10ClFN2O. The van der Waals surface area contributed by atoms with E-state index in [1.54, 1.807) is 30.5 Å². The fourth-order valence-electron chi connectivity index (χ4n) is 2.16. The summed E-state index contributed by atoms with van der Waals surface area (Å²) in [6.45, 7) is 0. The Labute approximate surface area is 119 Å². The van der Waals surface area contributed by atoms with Gasteiger partial charge in [0, 0.05) is 28.2 Å². The van der Waals surface area contributed by atoms with E-state index in [4.69, 9.17) is 17.3 Å². The summed E-state index contributed by atoms with van der Waals surface area (Å²) in [6, 6.07) is 9.13. The molecule has 2 aromatic carbocycles. The number of nitrogens with one attached hydrogen (secondary N) is 1. The van der Waals surface area contributed by atoms with E-state index in [0.29, 0.717) is 27.7 Å². The van der Waals surface area contributed by atoms with Crippen molar-refractivity contribution in [2.24, 2.45) is 0 Å². The zero-order valence-corrected chi connectivity index (χ0v) is 11.0. The van der Waals surface area contributed by atoms with E-state index in [-0.39, 0.29) is 16.6 Å². The Balaban J connectivity index is 2.16. The van der Waals surface area contributed by atoms with E-state index in [1.165, 1.54) is 12.1 Å². The predicted molar refractivity (Wildman–Crippen MR) is 77.6 cm³/mol. The van der Waals surface area contributed by atoms with Crippen molar-refractivity contribution in [2.75, 3.05) is 5.73 Å². The Hall–Kier alpha value is -2.33. The van der Waals surface area contributed by atoms with Crippen LogP contribution in [0.25, 0.3) is 10.9 Å². The lowest BCUT2D eigenvalue weighted by molar-refractivity contribution is 0.104. The van der Waals surface area contributed by atoms with Crippen molar-refractivity contribution in [1.82, 2.24) is 4.98 Å². The molecule has 0 amide bonds. The number of halogens is 2. The van der Waals surface area contributed by atoms with Crippen LogP contribution in [0.3, 0.4) is 0 Å². The summed E-state index contributed by atoms with van der Waals surface area (Å²) in [6.07, 6.45) is 1.55. The molecule has 0 saturated carbocycles. The van der Waals surface area contributed by atoms with Gasteiger partial charge in [-0.25, -0.2) is 4.39 Å². The molecule has 3 rings (SSSR count). The van der Waals surface area contributed by atoms with Gasteiger partial charge in [-0.3, -0.25) is 4.79 Å². The molecule has 0 aliphatic rings. The monoisotopic (exact) mass is 288 g/mol. The van der Waals surface area contributed by atoms with Crippen molar-refractivity contribution in [3.8, 4) is 0 Å². The molecule has 0 aliphatic heterocycles. The molecule has 0 atom stereocenters. The molecule has 0 spiro atoms. The minimum absolute atomic E-state index is 0.231. The number of benzene rings is 2. The van der Waals surface area contributed by atoms with Crippen molar-refractivity contribution in [2.45, 2.75) is 0 Å². The first-order valence-electron chi connectivity index (χ1n) is 5.93. The highest BCUT2D eigenvalue weighted by atomic mass is 35.5. The van der Waals surface area contributed by atoms with E-state index in [2.05, 4.69) is 4.98 Å². The second-order valence-electron chi connectivity index (χ2n) is 4.43. The number of aromatic amines is 1. The first-order valence-corrected chi connectivity index (χ1v) is 6.31. The number of hydrogen-bond donors (Lipinski definition) is 2. The average Bonchev–Trinajstić information content (AvgIpc) is 2.84. The van der Waals surface area contributed by atoms with Gasteiger partial charge >= 0.3 is 0 Å². The lowest BCUT2D eigenvalue weighted by Gasteiger charge is -2.05. The third-order valence-electron chi connectivity index (χ3n) is 3.16. The van der Waals surface area contributed by atoms with Crippen LogP contribution in [0.2, 0.25) is 5.02 Å². The highest BCUT2D eigenvalue weighted by molar-refractivity contribution is 6.37. The normalized spacial score (nSPS) is 10.9. The zero-order chi connectivity index (χ0) is 14.3. The van der Waals surface area contributed by atoms with Gasteiger partial charge in [-0.2, -0.15) is 0 Å². The van der Waals surface area contributed by atoms with Crippen molar-refractivity contribution in [3.05, 3.63) is 64.6 Å². The number of H-pyrrole nitrogens is 1. The number of ketones is 1. The van der Waals surface area contributed by atoms with Gasteiger partial charge in [-0.15, -0.1) is 0 Å². The van der Waals surface area contributed by atoms with E-state index in [0.717, 1.165) is 0 Å². The third kappa shape index (κ3) is 1.94. The molecule has 3 N–H and O–H groups in total. The van der Waals surface area contributed by atoms with Gasteiger partial charge in [0.15, 0.2) is 5.78 Å². The Kier molecular flexibility index (Phi) is 2.95. The number of fused-ring (bicyclic) bond motifs is 1. The molecule has 3 nitrogen and oxygen atoms in total. The van der Waals surface area contributed by atoms with E-state index < -0.39 is 0 Å². The second kappa shape index (κ2) is 4.65. The largest absolute Gasteiger partial charge is 0.398 e. The number of rotatable bonds is 2. The molecule has 1 aromatic heterocycles. The minimum atomic E-state index is -0.361. The van der Waals surface area contributed by atoms with Gasteiger partial charge in [-0.1, -0.05) is 17.7 Å². The van der Waals surface area contributed by atoms with Crippen LogP contribution in [-0.4, -0.2) is 10.8 Å². The molecule has 5 heteroatoms. The van der Waals surface area contributed by atoms with Gasteiger partial charge in [0.25, 0.3) is 0 Å². The molecule has 0 aliphatic carbocycles. The van der Waals surface area contributed by atoms with Crippen LogP contribution in [0.1, 0.15) is 15.9 Å². The molecule has 0 unspecified atom stereocenters. The van der Waals surface area contributed by atoms with Gasteiger partial charge in [0.1, 0.15) is 5.82 Å². The van der Waals surface area contributed by atoms with E-state index in [1.807, 2.05) is 0 Å². The van der Waals surface area contributed by atoms with Crippen LogP contribution in [-0.2, 0) is 0 Å². The zero-order valence-electron chi connectivity index (χ0n) is 10.3. The quantitative estimate of drug-likeness (QED) is 0.557. The van der Waals surface area contributed by atoms with Gasteiger partial charge in [0.2, 0.25) is 0 Å². The first-order chi connectivity index (χ1) is 9.58. The summed E-state index contributed by atoms with van der Waals surface area (Å²) in [5.74, 6) is -0.611. The highest BCUT2D eigenvalue weighted by Gasteiger charge is 2.18. The smallest absolute Gasteiger partial charge is 0.196 e. The molecule has 0 fully saturated rings. The van der Waals surface area contributed by atoms with Crippen LogP contribution >= 0.6 is 11.6 Å². The predicted octanol–water partition coefficient (Wildman–Crippen LogP) is 3.77. The standard InChI is InChI=1S/C15H10ClFN2O/c16-14-10(2-1-3-12(14)18)15(20)11-7-19-13-6-8(17)4-5-9(11)13/h1-7,19H,18H2. The lowest BCUT2D eigenvalue weighted by atomic mass is 10.0. The summed E-state index contributed by atoms with van der Waals surface area (Å²) in [5, 5.41) is 0.879. The van der Waals surface area contributed by atoms with Crippen molar-refractivity contribution < 1.29 is 9.18 Å². The Bertz CT molecular complexity index is 826. The van der Waals surface area contributed by atoms with Crippen molar-refractivity contribution >= 4 is 34.0 Å². The van der Waals surface area contributed by atoms with Crippen LogP contribution in [0.15, 0.2) is 42.6 Å². The third-order valence-corrected chi connectivity index (χ3v) is 3.58. The number of nitrogen functional groups attached to an aromatic ring is 1. The maximum atomic E-state index is 13.1. The van der Waals surface area contributed by atoms with Gasteiger partial charge in [-0.05, 0) is 30.3 Å². The fraction of sp³-hybridized carbons (Fsp3) is 0. The van der Waals surface area contributed by atoms with Crippen molar-refractivity contribution in [3.63, 3.8) is 0 Å². The maximum Gasteiger partial charge on any atom is 0.196 e. The molecule has 3 aromatic rings. The number of carbonyl (C=O) groups is 1. The molecule has 100 valence electrons. The molecule has 20 heavy (non-hydrogen) atoms. The van der Waals surface area contributed by atoms with Crippen LogP contribution in [0, 0.1) is 5.82 Å². The maximum absolute atomic E-state index is 13.1. The summed E-state index contributed by atoms with van der Waals surface area (Å²) in [7, 11) is 0. The molecule has 0 saturated heterocycles. The van der Waals surface area contributed by atoms with Crippen molar-refractivity contribution in [1.29, 1.82) is 0 Å². The molecular weight excluding hydrogens is 279 g/mol. The summed E-state index contributed by atoms with van der Waals surface area (Å²) in [4.78, 5) is 15.4. The van der Waals surface area contributed by atoms with Crippen LogP contribution < -0.4 is 5.73 Å². The SMILES string of the molecule is Nc1cccc(C(=O)c2c[nH]c3cc(F)ccc23)c1Cl. The van der Waals surface area contributed by atoms with Gasteiger partial charge in [0.05, 0.1) is 10.7 Å². The number of hydrogen-bond acceptors (Lipinski definition) is 2. The highest BCUT2D eigenvalue weighted by Crippen LogP contribution is 2.28. The Morgan fingerprint density at radius 1 is 1.20 bits per heavy atom. The lowest BCUT2D eigenvalue weighted by Crippen LogP contribution is -2.03. The number of aromatic nitrogens is 1. The summed E-state index contributed by atoms with van der Waals surface area (Å²) in [5.41, 5.74) is 7.38. The molecule has 0 bridgehead atoms. The Morgan fingerprint density at radius 3 is 2.80 bits per heavy atom. The molecule has 1 heterocycles. The number of nitrogens with two attached hydrogens (primary N) is 1. The fourth-order valence-corrected chi connectivity index (χ4v) is 2.37. The van der Waals surface area contributed by atoms with E-state index >= 15 is 0 Å². The second-order valence-corrected chi connectivity index (χ2v) is 4.81.